The highest BCUT2D eigenvalue weighted by Gasteiger charge is 2.50. The lowest BCUT2D eigenvalue weighted by Crippen LogP contribution is -2.54. The third-order valence-corrected chi connectivity index (χ3v) is 6.12. The van der Waals surface area contributed by atoms with Gasteiger partial charge in [-0.3, -0.25) is 0 Å². The highest BCUT2D eigenvalue weighted by atomic mass is 15.3. The van der Waals surface area contributed by atoms with Crippen molar-refractivity contribution >= 4 is 22.4 Å². The van der Waals surface area contributed by atoms with E-state index >= 15 is 0 Å². The normalized spacial score (nSPS) is 28.0. The molecule has 0 aliphatic heterocycles. The van der Waals surface area contributed by atoms with Gasteiger partial charge in [0.2, 0.25) is 0 Å². The standard InChI is InChI=1S/C20H24N4/c1-12-8-17-21-19(15-6-4-5-7-16(15)24(17)23-12)22-18-14-9-13(10-14)11-20(18,2)3/h4-8,13-14,18H,9-11H2,1-3H3,(H,21,22). The fraction of sp³-hybridized carbons (Fsp3) is 0.500. The first-order chi connectivity index (χ1) is 11.5. The maximum atomic E-state index is 4.92. The molecule has 4 nitrogen and oxygen atoms in total. The summed E-state index contributed by atoms with van der Waals surface area (Å²) in [6, 6.07) is 11.0. The molecule has 124 valence electrons. The van der Waals surface area contributed by atoms with Crippen molar-refractivity contribution in [1.29, 1.82) is 0 Å². The first-order valence-electron chi connectivity index (χ1n) is 9.03. The number of para-hydroxylation sites is 1. The number of aromatic nitrogens is 3. The number of nitrogens with one attached hydrogen (secondary N) is 1. The Hall–Kier alpha value is -2.10. The van der Waals surface area contributed by atoms with Crippen molar-refractivity contribution in [2.24, 2.45) is 17.3 Å². The molecule has 0 saturated heterocycles. The molecule has 0 amide bonds. The highest BCUT2D eigenvalue weighted by molar-refractivity contribution is 5.91. The molecule has 6 rings (SSSR count). The SMILES string of the molecule is Cc1cc2nc(NC3C4CC(C4)CC3(C)C)c3ccccc3n2n1. The van der Waals surface area contributed by atoms with E-state index in [1.54, 1.807) is 0 Å². The zero-order chi connectivity index (χ0) is 16.5. The molecular formula is C20H24N4. The van der Waals surface area contributed by atoms with E-state index in [4.69, 9.17) is 4.98 Å². The summed E-state index contributed by atoms with van der Waals surface area (Å²) in [7, 11) is 0. The average Bonchev–Trinajstić information content (AvgIpc) is 2.88. The molecule has 2 bridgehead atoms. The Kier molecular flexibility index (Phi) is 2.80. The van der Waals surface area contributed by atoms with Crippen LogP contribution in [0, 0.1) is 24.2 Å². The van der Waals surface area contributed by atoms with Crippen LogP contribution in [0.4, 0.5) is 5.82 Å². The van der Waals surface area contributed by atoms with Crippen LogP contribution in [0.5, 0.6) is 0 Å². The van der Waals surface area contributed by atoms with Crippen molar-refractivity contribution < 1.29 is 0 Å². The van der Waals surface area contributed by atoms with Gasteiger partial charge in [-0.05, 0) is 55.6 Å². The molecule has 3 saturated carbocycles. The van der Waals surface area contributed by atoms with E-state index in [1.807, 2.05) is 11.4 Å². The van der Waals surface area contributed by atoms with Crippen LogP contribution in [0.2, 0.25) is 0 Å². The second-order valence-electron chi connectivity index (χ2n) is 8.45. The Labute approximate surface area is 142 Å². The summed E-state index contributed by atoms with van der Waals surface area (Å²) >= 11 is 0. The number of aryl methyl sites for hydroxylation is 1. The topological polar surface area (TPSA) is 42.2 Å². The Morgan fingerprint density at radius 3 is 2.79 bits per heavy atom. The molecule has 3 aliphatic carbocycles. The van der Waals surface area contributed by atoms with Crippen molar-refractivity contribution in [2.75, 3.05) is 5.32 Å². The predicted octanol–water partition coefficient (Wildman–Crippen LogP) is 4.43. The molecule has 3 aliphatic rings. The molecule has 0 spiro atoms. The largest absolute Gasteiger partial charge is 0.366 e. The van der Waals surface area contributed by atoms with E-state index < -0.39 is 0 Å². The van der Waals surface area contributed by atoms with E-state index in [0.29, 0.717) is 11.5 Å². The fourth-order valence-corrected chi connectivity index (χ4v) is 5.08. The molecule has 3 aromatic rings. The quantitative estimate of drug-likeness (QED) is 0.759. The number of anilines is 1. The Bertz CT molecular complexity index is 933. The molecule has 3 fully saturated rings. The minimum atomic E-state index is 0.330. The van der Waals surface area contributed by atoms with Gasteiger partial charge in [-0.2, -0.15) is 5.10 Å². The van der Waals surface area contributed by atoms with E-state index in [0.717, 1.165) is 39.9 Å². The lowest BCUT2D eigenvalue weighted by atomic mass is 9.53. The number of rotatable bonds is 2. The lowest BCUT2D eigenvalue weighted by Gasteiger charge is -2.55. The van der Waals surface area contributed by atoms with Crippen molar-refractivity contribution in [3.63, 3.8) is 0 Å². The maximum absolute atomic E-state index is 4.92. The van der Waals surface area contributed by atoms with Crippen LogP contribution in [0.15, 0.2) is 30.3 Å². The Morgan fingerprint density at radius 1 is 1.21 bits per heavy atom. The van der Waals surface area contributed by atoms with Crippen LogP contribution >= 0.6 is 0 Å². The van der Waals surface area contributed by atoms with Crippen LogP contribution in [0.3, 0.4) is 0 Å². The van der Waals surface area contributed by atoms with Gasteiger partial charge in [-0.25, -0.2) is 9.50 Å². The van der Waals surface area contributed by atoms with Crippen molar-refractivity contribution in [1.82, 2.24) is 14.6 Å². The summed E-state index contributed by atoms with van der Waals surface area (Å²) in [6.07, 6.45) is 4.09. The number of hydrogen-bond acceptors (Lipinski definition) is 3. The van der Waals surface area contributed by atoms with E-state index in [9.17, 15) is 0 Å². The zero-order valence-electron chi connectivity index (χ0n) is 14.6. The summed E-state index contributed by atoms with van der Waals surface area (Å²) < 4.78 is 1.96. The van der Waals surface area contributed by atoms with Gasteiger partial charge in [0.15, 0.2) is 5.65 Å². The van der Waals surface area contributed by atoms with Gasteiger partial charge in [0.25, 0.3) is 0 Å². The molecule has 1 N–H and O–H groups in total. The second kappa shape index (κ2) is 4.71. The third kappa shape index (κ3) is 1.98. The zero-order valence-corrected chi connectivity index (χ0v) is 14.6. The first kappa shape index (κ1) is 14.3. The number of fused-ring (bicyclic) bond motifs is 5. The summed E-state index contributed by atoms with van der Waals surface area (Å²) in [5.74, 6) is 2.76. The molecule has 2 aromatic heterocycles. The molecule has 1 unspecified atom stereocenters. The van der Waals surface area contributed by atoms with Gasteiger partial charge in [0.05, 0.1) is 11.2 Å². The average molecular weight is 320 g/mol. The van der Waals surface area contributed by atoms with Gasteiger partial charge in [-0.1, -0.05) is 26.0 Å². The van der Waals surface area contributed by atoms with Gasteiger partial charge in [-0.15, -0.1) is 0 Å². The van der Waals surface area contributed by atoms with Crippen molar-refractivity contribution in [3.05, 3.63) is 36.0 Å². The molecule has 1 atom stereocenters. The van der Waals surface area contributed by atoms with Crippen LogP contribution in [0.25, 0.3) is 16.6 Å². The summed E-state index contributed by atoms with van der Waals surface area (Å²) in [5, 5.41) is 9.62. The van der Waals surface area contributed by atoms with Crippen molar-refractivity contribution in [3.8, 4) is 0 Å². The fourth-order valence-electron chi connectivity index (χ4n) is 5.08. The lowest BCUT2D eigenvalue weighted by molar-refractivity contribution is 0.00363. The van der Waals surface area contributed by atoms with E-state index in [-0.39, 0.29) is 0 Å². The van der Waals surface area contributed by atoms with E-state index in [1.165, 1.54) is 19.3 Å². The molecule has 4 heteroatoms. The predicted molar refractivity (Wildman–Crippen MR) is 97.3 cm³/mol. The van der Waals surface area contributed by atoms with Gasteiger partial charge in [0, 0.05) is 17.5 Å². The first-order valence-corrected chi connectivity index (χ1v) is 9.03. The van der Waals surface area contributed by atoms with Crippen LogP contribution < -0.4 is 5.32 Å². The minimum absolute atomic E-state index is 0.330. The summed E-state index contributed by atoms with van der Waals surface area (Å²) in [6.45, 7) is 6.84. The number of nitrogens with zero attached hydrogens (tertiary/aromatic N) is 3. The van der Waals surface area contributed by atoms with Crippen LogP contribution in [-0.4, -0.2) is 20.6 Å². The molecule has 0 radical (unpaired) electrons. The van der Waals surface area contributed by atoms with Gasteiger partial charge in [0.1, 0.15) is 5.82 Å². The maximum Gasteiger partial charge on any atom is 0.158 e. The number of benzene rings is 1. The summed E-state index contributed by atoms with van der Waals surface area (Å²) in [4.78, 5) is 4.92. The third-order valence-electron chi connectivity index (χ3n) is 6.12. The molecule has 24 heavy (non-hydrogen) atoms. The highest BCUT2D eigenvalue weighted by Crippen LogP contribution is 2.54. The Balaban J connectivity index is 1.65. The second-order valence-corrected chi connectivity index (χ2v) is 8.45. The molecule has 2 heterocycles. The van der Waals surface area contributed by atoms with Crippen LogP contribution in [-0.2, 0) is 0 Å². The number of hydrogen-bond donors (Lipinski definition) is 1. The van der Waals surface area contributed by atoms with Gasteiger partial charge >= 0.3 is 0 Å². The molecular weight excluding hydrogens is 296 g/mol. The van der Waals surface area contributed by atoms with Crippen molar-refractivity contribution in [2.45, 2.75) is 46.1 Å². The van der Waals surface area contributed by atoms with Gasteiger partial charge < -0.3 is 5.32 Å². The minimum Gasteiger partial charge on any atom is -0.366 e. The smallest absolute Gasteiger partial charge is 0.158 e. The van der Waals surface area contributed by atoms with E-state index in [2.05, 4.69) is 54.6 Å². The monoisotopic (exact) mass is 320 g/mol. The summed E-state index contributed by atoms with van der Waals surface area (Å²) in [5.41, 5.74) is 3.38. The van der Waals surface area contributed by atoms with Crippen LogP contribution in [0.1, 0.15) is 38.8 Å². The molecule has 1 aromatic carbocycles. The Morgan fingerprint density at radius 2 is 2.00 bits per heavy atom.